The van der Waals surface area contributed by atoms with Crippen LogP contribution in [0.4, 0.5) is 0 Å². The van der Waals surface area contributed by atoms with Crippen LogP contribution in [0.3, 0.4) is 0 Å². The Bertz CT molecular complexity index is 198. The third-order valence-electron chi connectivity index (χ3n) is 3.17. The molecule has 0 unspecified atom stereocenters. The van der Waals surface area contributed by atoms with Crippen molar-refractivity contribution in [3.63, 3.8) is 0 Å². The molecule has 0 heterocycles. The average Bonchev–Trinajstić information content (AvgIpc) is 2.75. The van der Waals surface area contributed by atoms with E-state index < -0.39 is 0 Å². The molecule has 15 heavy (non-hydrogen) atoms. The molecule has 0 radical (unpaired) electrons. The zero-order valence-corrected chi connectivity index (χ0v) is 10.3. The molecular weight excluding hydrogens is 180 g/mol. The summed E-state index contributed by atoms with van der Waals surface area (Å²) in [5.41, 5.74) is 1.57. The molecule has 0 aromatic heterocycles. The van der Waals surface area contributed by atoms with Gasteiger partial charge in [-0.2, -0.15) is 0 Å². The summed E-state index contributed by atoms with van der Waals surface area (Å²) in [5, 5.41) is 0. The first-order valence-corrected chi connectivity index (χ1v) is 6.79. The Hall–Kier alpha value is -0.520. The Morgan fingerprint density at radius 2 is 1.60 bits per heavy atom. The molecule has 0 bridgehead atoms. The summed E-state index contributed by atoms with van der Waals surface area (Å²) < 4.78 is 0. The molecule has 0 aliphatic heterocycles. The molecule has 0 spiro atoms. The Morgan fingerprint density at radius 3 is 2.20 bits per heavy atom. The van der Waals surface area contributed by atoms with E-state index in [0.717, 1.165) is 0 Å². The number of unbranched alkanes of at least 4 members (excludes halogenated alkanes) is 7. The van der Waals surface area contributed by atoms with Crippen molar-refractivity contribution in [2.24, 2.45) is 0 Å². The predicted molar refractivity (Wildman–Crippen MR) is 69.1 cm³/mol. The maximum Gasteiger partial charge on any atom is -0.0160 e. The van der Waals surface area contributed by atoms with Gasteiger partial charge in [0.25, 0.3) is 0 Å². The molecule has 0 fully saturated rings. The van der Waals surface area contributed by atoms with E-state index in [1.165, 1.54) is 64.2 Å². The van der Waals surface area contributed by atoms with Gasteiger partial charge >= 0.3 is 0 Å². The zero-order chi connectivity index (χ0) is 10.8. The number of rotatable bonds is 9. The second-order valence-electron chi connectivity index (χ2n) is 4.64. The van der Waals surface area contributed by atoms with Gasteiger partial charge in [0, 0.05) is 0 Å². The van der Waals surface area contributed by atoms with Crippen LogP contribution >= 0.6 is 0 Å². The van der Waals surface area contributed by atoms with Gasteiger partial charge < -0.3 is 0 Å². The lowest BCUT2D eigenvalue weighted by Crippen LogP contribution is -1.82. The third kappa shape index (κ3) is 6.54. The van der Waals surface area contributed by atoms with Crippen LogP contribution in [0.15, 0.2) is 23.8 Å². The van der Waals surface area contributed by atoms with E-state index in [1.807, 2.05) is 0 Å². The van der Waals surface area contributed by atoms with Crippen molar-refractivity contribution in [2.45, 2.75) is 71.1 Å². The van der Waals surface area contributed by atoms with Gasteiger partial charge in [-0.25, -0.2) is 0 Å². The third-order valence-corrected chi connectivity index (χ3v) is 3.17. The smallest absolute Gasteiger partial charge is 0.0160 e. The molecule has 0 nitrogen and oxygen atoms in total. The second kappa shape index (κ2) is 8.76. The summed E-state index contributed by atoms with van der Waals surface area (Å²) in [6, 6.07) is 0. The van der Waals surface area contributed by atoms with Crippen LogP contribution in [0.1, 0.15) is 71.1 Å². The summed E-state index contributed by atoms with van der Waals surface area (Å²) in [4.78, 5) is 0. The minimum Gasteiger partial charge on any atom is -0.0805 e. The van der Waals surface area contributed by atoms with E-state index in [-0.39, 0.29) is 0 Å². The Labute approximate surface area is 95.5 Å². The fourth-order valence-corrected chi connectivity index (χ4v) is 2.16. The number of allylic oxidation sites excluding steroid dienone is 4. The average molecular weight is 206 g/mol. The number of hydrogen-bond donors (Lipinski definition) is 0. The van der Waals surface area contributed by atoms with Gasteiger partial charge in [0.1, 0.15) is 0 Å². The summed E-state index contributed by atoms with van der Waals surface area (Å²) in [6.45, 7) is 2.28. The van der Waals surface area contributed by atoms with Crippen molar-refractivity contribution >= 4 is 0 Å². The fourth-order valence-electron chi connectivity index (χ4n) is 2.16. The molecule has 1 aliphatic rings. The molecule has 86 valence electrons. The summed E-state index contributed by atoms with van der Waals surface area (Å²) in [5.74, 6) is 0. The molecular formula is C15H26. The molecule has 0 aromatic carbocycles. The van der Waals surface area contributed by atoms with Crippen LogP contribution in [-0.4, -0.2) is 0 Å². The normalized spacial score (nSPS) is 14.6. The second-order valence-corrected chi connectivity index (χ2v) is 4.64. The molecule has 1 rings (SSSR count). The van der Waals surface area contributed by atoms with E-state index >= 15 is 0 Å². The summed E-state index contributed by atoms with van der Waals surface area (Å²) >= 11 is 0. The predicted octanol–water partition coefficient (Wildman–Crippen LogP) is 5.40. The highest BCUT2D eigenvalue weighted by atomic mass is 14.0. The van der Waals surface area contributed by atoms with Crippen LogP contribution in [0.5, 0.6) is 0 Å². The lowest BCUT2D eigenvalue weighted by atomic mass is 10.0. The van der Waals surface area contributed by atoms with E-state index in [2.05, 4.69) is 25.2 Å². The van der Waals surface area contributed by atoms with Gasteiger partial charge in [-0.05, 0) is 19.3 Å². The summed E-state index contributed by atoms with van der Waals surface area (Å²) in [7, 11) is 0. The van der Waals surface area contributed by atoms with Gasteiger partial charge in [-0.1, -0.05) is 75.7 Å². The molecule has 0 aromatic rings. The van der Waals surface area contributed by atoms with Gasteiger partial charge in [-0.3, -0.25) is 0 Å². The Morgan fingerprint density at radius 1 is 0.933 bits per heavy atom. The fraction of sp³-hybridized carbons (Fsp3) is 0.733. The Balaban J connectivity index is 1.79. The topological polar surface area (TPSA) is 0 Å². The molecule has 0 N–H and O–H groups in total. The monoisotopic (exact) mass is 206 g/mol. The highest BCUT2D eigenvalue weighted by Crippen LogP contribution is 2.17. The zero-order valence-electron chi connectivity index (χ0n) is 10.3. The van der Waals surface area contributed by atoms with Gasteiger partial charge in [-0.15, -0.1) is 0 Å². The van der Waals surface area contributed by atoms with Crippen molar-refractivity contribution in [2.75, 3.05) is 0 Å². The van der Waals surface area contributed by atoms with Crippen LogP contribution in [0.2, 0.25) is 0 Å². The quantitative estimate of drug-likeness (QED) is 0.443. The maximum atomic E-state index is 2.36. The van der Waals surface area contributed by atoms with E-state index in [9.17, 15) is 0 Å². The Kier molecular flexibility index (Phi) is 7.33. The first-order valence-electron chi connectivity index (χ1n) is 6.79. The van der Waals surface area contributed by atoms with Crippen LogP contribution < -0.4 is 0 Å². The molecule has 0 atom stereocenters. The van der Waals surface area contributed by atoms with E-state index in [1.54, 1.807) is 5.57 Å². The van der Waals surface area contributed by atoms with Crippen molar-refractivity contribution in [3.05, 3.63) is 23.8 Å². The van der Waals surface area contributed by atoms with Gasteiger partial charge in [0.05, 0.1) is 0 Å². The largest absolute Gasteiger partial charge is 0.0805 e. The van der Waals surface area contributed by atoms with Crippen molar-refractivity contribution in [3.8, 4) is 0 Å². The molecule has 0 saturated heterocycles. The minimum absolute atomic E-state index is 1.17. The van der Waals surface area contributed by atoms with E-state index in [0.29, 0.717) is 0 Å². The van der Waals surface area contributed by atoms with Gasteiger partial charge in [0.15, 0.2) is 0 Å². The summed E-state index contributed by atoms with van der Waals surface area (Å²) in [6.07, 6.45) is 20.8. The van der Waals surface area contributed by atoms with Crippen LogP contribution in [-0.2, 0) is 0 Å². The number of hydrogen-bond acceptors (Lipinski definition) is 0. The highest BCUT2D eigenvalue weighted by Gasteiger charge is 1.97. The first-order chi connectivity index (χ1) is 7.43. The maximum absolute atomic E-state index is 2.36. The lowest BCUT2D eigenvalue weighted by Gasteiger charge is -2.01. The minimum atomic E-state index is 1.17. The van der Waals surface area contributed by atoms with Crippen molar-refractivity contribution in [1.82, 2.24) is 0 Å². The first kappa shape index (κ1) is 12.5. The standard InChI is InChI=1S/C15H26/c1-2-3-4-5-6-7-8-9-12-15-13-10-11-14-15/h10,13-14H,2-9,11-12H2,1H3. The van der Waals surface area contributed by atoms with Crippen LogP contribution in [0, 0.1) is 0 Å². The van der Waals surface area contributed by atoms with Crippen molar-refractivity contribution in [1.29, 1.82) is 0 Å². The lowest BCUT2D eigenvalue weighted by molar-refractivity contribution is 0.576. The molecule has 1 aliphatic carbocycles. The SMILES string of the molecule is CCCCCCCCCCC1=CCC=C1. The molecule has 0 saturated carbocycles. The van der Waals surface area contributed by atoms with Gasteiger partial charge in [0.2, 0.25) is 0 Å². The van der Waals surface area contributed by atoms with Crippen LogP contribution in [0.25, 0.3) is 0 Å². The molecule has 0 heteroatoms. The van der Waals surface area contributed by atoms with Crippen molar-refractivity contribution < 1.29 is 0 Å². The highest BCUT2D eigenvalue weighted by molar-refractivity contribution is 5.25. The molecule has 0 amide bonds. The van der Waals surface area contributed by atoms with E-state index in [4.69, 9.17) is 0 Å².